The van der Waals surface area contributed by atoms with Crippen molar-refractivity contribution in [3.8, 4) is 0 Å². The Labute approximate surface area is 138 Å². The van der Waals surface area contributed by atoms with Gasteiger partial charge in [-0.3, -0.25) is 4.79 Å². The lowest BCUT2D eigenvalue weighted by Gasteiger charge is -2.08. The molecule has 0 aromatic heterocycles. The quantitative estimate of drug-likeness (QED) is 0.916. The minimum Gasteiger partial charge on any atom is -0.326 e. The summed E-state index contributed by atoms with van der Waals surface area (Å²) >= 11 is 11.9. The summed E-state index contributed by atoms with van der Waals surface area (Å²) in [5, 5.41) is 3.45. The number of sulfone groups is 1. The fraction of sp³-hybridized carbons (Fsp3) is 0.133. The van der Waals surface area contributed by atoms with E-state index < -0.39 is 9.84 Å². The SMILES string of the molecule is O=C1Cc2cc(S(=O)(=O)Cc3cc(Cl)ccc3Cl)ccc2N1. The molecule has 0 unspecified atom stereocenters. The highest BCUT2D eigenvalue weighted by Gasteiger charge is 2.22. The van der Waals surface area contributed by atoms with Crippen LogP contribution < -0.4 is 5.32 Å². The molecule has 0 radical (unpaired) electrons. The van der Waals surface area contributed by atoms with Crippen molar-refractivity contribution < 1.29 is 13.2 Å². The number of anilines is 1. The Morgan fingerprint density at radius 1 is 1.09 bits per heavy atom. The first-order chi connectivity index (χ1) is 10.3. The van der Waals surface area contributed by atoms with Crippen LogP contribution in [0.15, 0.2) is 41.3 Å². The van der Waals surface area contributed by atoms with Crippen LogP contribution in [0.3, 0.4) is 0 Å². The second kappa shape index (κ2) is 5.57. The van der Waals surface area contributed by atoms with E-state index in [4.69, 9.17) is 23.2 Å². The van der Waals surface area contributed by atoms with Gasteiger partial charge in [0.25, 0.3) is 0 Å². The fourth-order valence-corrected chi connectivity index (χ4v) is 4.21. The molecule has 7 heteroatoms. The summed E-state index contributed by atoms with van der Waals surface area (Å²) in [5.41, 5.74) is 1.79. The molecule has 1 aliphatic heterocycles. The van der Waals surface area contributed by atoms with Crippen LogP contribution in [-0.2, 0) is 26.8 Å². The number of carbonyl (C=O) groups is 1. The third-order valence-electron chi connectivity index (χ3n) is 3.41. The van der Waals surface area contributed by atoms with E-state index in [0.29, 0.717) is 26.9 Å². The molecule has 0 bridgehead atoms. The van der Waals surface area contributed by atoms with Gasteiger partial charge in [-0.2, -0.15) is 0 Å². The number of nitrogens with one attached hydrogen (secondary N) is 1. The van der Waals surface area contributed by atoms with Gasteiger partial charge in [-0.05, 0) is 47.5 Å². The Morgan fingerprint density at radius 2 is 1.86 bits per heavy atom. The van der Waals surface area contributed by atoms with Gasteiger partial charge in [0.2, 0.25) is 5.91 Å². The van der Waals surface area contributed by atoms with E-state index in [1.165, 1.54) is 12.1 Å². The number of carbonyl (C=O) groups excluding carboxylic acids is 1. The molecule has 3 rings (SSSR count). The molecule has 22 heavy (non-hydrogen) atoms. The van der Waals surface area contributed by atoms with Gasteiger partial charge in [0.1, 0.15) is 0 Å². The Balaban J connectivity index is 1.95. The van der Waals surface area contributed by atoms with E-state index in [0.717, 1.165) is 0 Å². The smallest absolute Gasteiger partial charge is 0.228 e. The number of hydrogen-bond donors (Lipinski definition) is 1. The zero-order valence-electron chi connectivity index (χ0n) is 11.3. The standard InChI is InChI=1S/C15H11Cl2NO3S/c16-11-1-3-13(17)10(5-11)8-22(20,21)12-2-4-14-9(6-12)7-15(19)18-14/h1-6H,7-8H2,(H,18,19). The molecule has 114 valence electrons. The highest BCUT2D eigenvalue weighted by atomic mass is 35.5. The molecule has 1 N–H and O–H groups in total. The Hall–Kier alpha value is -1.56. The topological polar surface area (TPSA) is 63.2 Å². The average molecular weight is 356 g/mol. The molecule has 0 aliphatic carbocycles. The van der Waals surface area contributed by atoms with Crippen LogP contribution in [0.25, 0.3) is 0 Å². The van der Waals surface area contributed by atoms with Crippen molar-refractivity contribution in [1.29, 1.82) is 0 Å². The van der Waals surface area contributed by atoms with Gasteiger partial charge in [0.15, 0.2) is 9.84 Å². The van der Waals surface area contributed by atoms with Crippen molar-refractivity contribution in [3.63, 3.8) is 0 Å². The third kappa shape index (κ3) is 2.97. The minimum absolute atomic E-state index is 0.137. The van der Waals surface area contributed by atoms with Gasteiger partial charge in [-0.15, -0.1) is 0 Å². The summed E-state index contributed by atoms with van der Waals surface area (Å²) in [6.07, 6.45) is 0.191. The second-order valence-corrected chi connectivity index (χ2v) is 7.87. The van der Waals surface area contributed by atoms with Crippen molar-refractivity contribution in [2.75, 3.05) is 5.32 Å². The van der Waals surface area contributed by atoms with Crippen molar-refractivity contribution >= 4 is 44.6 Å². The molecule has 1 aliphatic rings. The summed E-state index contributed by atoms with van der Waals surface area (Å²) in [5.74, 6) is -0.380. The summed E-state index contributed by atoms with van der Waals surface area (Å²) in [4.78, 5) is 11.5. The van der Waals surface area contributed by atoms with E-state index in [-0.39, 0.29) is 23.0 Å². The van der Waals surface area contributed by atoms with Crippen molar-refractivity contribution in [1.82, 2.24) is 0 Å². The van der Waals surface area contributed by atoms with Crippen LogP contribution in [0.2, 0.25) is 10.0 Å². The first-order valence-electron chi connectivity index (χ1n) is 6.44. The summed E-state index contributed by atoms with van der Waals surface area (Å²) in [6.45, 7) is 0. The van der Waals surface area contributed by atoms with Crippen molar-refractivity contribution in [3.05, 3.63) is 57.6 Å². The normalized spacial score (nSPS) is 13.8. The predicted octanol–water partition coefficient (Wildman–Crippen LogP) is 3.46. The van der Waals surface area contributed by atoms with Crippen LogP contribution in [0.5, 0.6) is 0 Å². The van der Waals surface area contributed by atoms with Crippen LogP contribution in [0.1, 0.15) is 11.1 Å². The molecule has 1 heterocycles. The monoisotopic (exact) mass is 355 g/mol. The Kier molecular flexibility index (Phi) is 3.89. The van der Waals surface area contributed by atoms with Gasteiger partial charge < -0.3 is 5.32 Å². The van der Waals surface area contributed by atoms with E-state index in [1.54, 1.807) is 24.3 Å². The summed E-state index contributed by atoms with van der Waals surface area (Å²) in [6, 6.07) is 9.33. The van der Waals surface area contributed by atoms with Crippen LogP contribution in [-0.4, -0.2) is 14.3 Å². The van der Waals surface area contributed by atoms with Gasteiger partial charge in [0.05, 0.1) is 17.1 Å². The number of hydrogen-bond acceptors (Lipinski definition) is 3. The lowest BCUT2D eigenvalue weighted by atomic mass is 10.2. The third-order valence-corrected chi connectivity index (χ3v) is 5.68. The van der Waals surface area contributed by atoms with Crippen molar-refractivity contribution in [2.45, 2.75) is 17.1 Å². The molecule has 0 atom stereocenters. The highest BCUT2D eigenvalue weighted by molar-refractivity contribution is 7.90. The molecule has 0 fully saturated rings. The molecule has 2 aromatic rings. The van der Waals surface area contributed by atoms with E-state index in [9.17, 15) is 13.2 Å². The first-order valence-corrected chi connectivity index (χ1v) is 8.85. The molecule has 0 saturated heterocycles. The predicted molar refractivity (Wildman–Crippen MR) is 86.1 cm³/mol. The lowest BCUT2D eigenvalue weighted by Crippen LogP contribution is -2.06. The fourth-order valence-electron chi connectivity index (χ4n) is 2.34. The molecule has 1 amide bonds. The zero-order valence-corrected chi connectivity index (χ0v) is 13.6. The Bertz CT molecular complexity index is 878. The molecular weight excluding hydrogens is 345 g/mol. The maximum atomic E-state index is 12.5. The Morgan fingerprint density at radius 3 is 2.64 bits per heavy atom. The number of fused-ring (bicyclic) bond motifs is 1. The largest absolute Gasteiger partial charge is 0.326 e. The second-order valence-electron chi connectivity index (χ2n) is 5.04. The molecule has 0 spiro atoms. The van der Waals surface area contributed by atoms with Gasteiger partial charge in [0, 0.05) is 15.7 Å². The minimum atomic E-state index is -3.57. The van der Waals surface area contributed by atoms with Crippen molar-refractivity contribution in [2.24, 2.45) is 0 Å². The first kappa shape index (κ1) is 15.3. The van der Waals surface area contributed by atoms with E-state index in [1.807, 2.05) is 0 Å². The van der Waals surface area contributed by atoms with Gasteiger partial charge in [-0.25, -0.2) is 8.42 Å². The van der Waals surface area contributed by atoms with E-state index in [2.05, 4.69) is 5.32 Å². The average Bonchev–Trinajstić information content (AvgIpc) is 2.81. The highest BCUT2D eigenvalue weighted by Crippen LogP contribution is 2.29. The summed E-state index contributed by atoms with van der Waals surface area (Å²) in [7, 11) is -3.57. The lowest BCUT2D eigenvalue weighted by molar-refractivity contribution is -0.115. The van der Waals surface area contributed by atoms with Crippen LogP contribution in [0, 0.1) is 0 Å². The van der Waals surface area contributed by atoms with Crippen LogP contribution >= 0.6 is 23.2 Å². The number of rotatable bonds is 3. The molecule has 0 saturated carbocycles. The molecule has 4 nitrogen and oxygen atoms in total. The maximum Gasteiger partial charge on any atom is 0.228 e. The number of amides is 1. The summed E-state index contributed by atoms with van der Waals surface area (Å²) < 4.78 is 25.1. The molecule has 2 aromatic carbocycles. The van der Waals surface area contributed by atoms with E-state index >= 15 is 0 Å². The van der Waals surface area contributed by atoms with Crippen LogP contribution in [0.4, 0.5) is 5.69 Å². The number of halogens is 2. The molecular formula is C15H11Cl2NO3S. The maximum absolute atomic E-state index is 12.5. The number of benzene rings is 2. The van der Waals surface area contributed by atoms with Gasteiger partial charge >= 0.3 is 0 Å². The zero-order chi connectivity index (χ0) is 15.9. The van der Waals surface area contributed by atoms with Gasteiger partial charge in [-0.1, -0.05) is 23.2 Å².